The number of benzene rings is 1. The highest BCUT2D eigenvalue weighted by Crippen LogP contribution is 2.44. The van der Waals surface area contributed by atoms with Crippen molar-refractivity contribution < 1.29 is 0 Å². The Morgan fingerprint density at radius 3 is 1.92 bits per heavy atom. The van der Waals surface area contributed by atoms with Gasteiger partial charge in [-0.3, -0.25) is 0 Å². The molecule has 0 aliphatic heterocycles. The normalized spacial score (nSPS) is 11.2. The van der Waals surface area contributed by atoms with Gasteiger partial charge in [-0.05, 0) is 17.7 Å². The van der Waals surface area contributed by atoms with E-state index in [1.165, 1.54) is 10.9 Å². The van der Waals surface area contributed by atoms with E-state index in [-0.39, 0.29) is 0 Å². The van der Waals surface area contributed by atoms with Crippen molar-refractivity contribution in [3.63, 3.8) is 0 Å². The Morgan fingerprint density at radius 1 is 1.08 bits per heavy atom. The fourth-order valence-electron chi connectivity index (χ4n) is 1.06. The second-order valence-corrected chi connectivity index (χ2v) is 8.35. The van der Waals surface area contributed by atoms with Gasteiger partial charge in [0, 0.05) is 7.26 Å². The molecule has 0 heterocycles. The molecule has 0 atom stereocenters. The molecule has 0 saturated carbocycles. The van der Waals surface area contributed by atoms with Gasteiger partial charge in [0.05, 0.1) is 25.3 Å². The fourth-order valence-corrected chi connectivity index (χ4v) is 2.10. The zero-order valence-corrected chi connectivity index (χ0v) is 8.94. The van der Waals surface area contributed by atoms with Gasteiger partial charge in [0.15, 0.2) is 0 Å². The molecule has 0 fully saturated rings. The first-order valence-corrected chi connectivity index (χ1v) is 7.21. The topological polar surface area (TPSA) is 0 Å². The van der Waals surface area contributed by atoms with E-state index in [0.717, 1.165) is 0 Å². The van der Waals surface area contributed by atoms with E-state index >= 15 is 0 Å². The Balaban J connectivity index is 3.00. The molecule has 0 spiro atoms. The Morgan fingerprint density at radius 2 is 1.58 bits per heavy atom. The third-order valence-corrected chi connectivity index (χ3v) is 3.75. The maximum atomic E-state index is 3.73. The molecule has 1 aromatic rings. The van der Waals surface area contributed by atoms with E-state index in [4.69, 9.17) is 0 Å². The highest BCUT2D eigenvalue weighted by atomic mass is 31.2. The fraction of sp³-hybridized carbons (Fsp3) is 0.273. The lowest BCUT2D eigenvalue weighted by molar-refractivity contribution is 1.70. The van der Waals surface area contributed by atoms with Gasteiger partial charge < -0.3 is 0 Å². The molecule has 0 bridgehead atoms. The van der Waals surface area contributed by atoms with Crippen molar-refractivity contribution in [2.45, 2.75) is 0 Å². The van der Waals surface area contributed by atoms with Crippen LogP contribution in [0.15, 0.2) is 30.8 Å². The first kappa shape index (κ1) is 9.48. The summed E-state index contributed by atoms with van der Waals surface area (Å²) in [5, 5.41) is 1.48. The van der Waals surface area contributed by atoms with Crippen molar-refractivity contribution in [1.82, 2.24) is 0 Å². The van der Waals surface area contributed by atoms with Gasteiger partial charge in [-0.25, -0.2) is 0 Å². The van der Waals surface area contributed by atoms with Crippen LogP contribution in [0, 0.1) is 0 Å². The van der Waals surface area contributed by atoms with E-state index in [1.807, 2.05) is 6.08 Å². The molecule has 0 N–H and O–H groups in total. The molecule has 64 valence electrons. The number of hydrogen-bond acceptors (Lipinski definition) is 0. The molecule has 0 amide bonds. The Hall–Kier alpha value is -0.610. The zero-order valence-electron chi connectivity index (χ0n) is 8.04. The summed E-state index contributed by atoms with van der Waals surface area (Å²) in [7, 11) is -0.833. The molecule has 0 aliphatic rings. The van der Waals surface area contributed by atoms with Crippen molar-refractivity contribution in [1.29, 1.82) is 0 Å². The van der Waals surface area contributed by atoms with Crippen LogP contribution in [0.25, 0.3) is 6.08 Å². The summed E-state index contributed by atoms with van der Waals surface area (Å²) in [4.78, 5) is 0. The van der Waals surface area contributed by atoms with Crippen LogP contribution in [-0.4, -0.2) is 20.0 Å². The molecule has 0 aromatic heterocycles. The lowest BCUT2D eigenvalue weighted by Crippen LogP contribution is -2.06. The van der Waals surface area contributed by atoms with E-state index in [0.29, 0.717) is 0 Å². The lowest BCUT2D eigenvalue weighted by Gasteiger charge is -2.11. The molecule has 0 saturated heterocycles. The van der Waals surface area contributed by atoms with Crippen LogP contribution in [0.3, 0.4) is 0 Å². The largest absolute Gasteiger partial charge is 0.0985 e. The van der Waals surface area contributed by atoms with Crippen LogP contribution in [0.2, 0.25) is 0 Å². The van der Waals surface area contributed by atoms with Gasteiger partial charge in [0.25, 0.3) is 0 Å². The first-order chi connectivity index (χ1) is 5.54. The summed E-state index contributed by atoms with van der Waals surface area (Å²) < 4.78 is 0. The van der Waals surface area contributed by atoms with Crippen molar-refractivity contribution in [3.8, 4) is 0 Å². The van der Waals surface area contributed by atoms with Crippen molar-refractivity contribution >= 4 is 18.6 Å². The third-order valence-electron chi connectivity index (χ3n) is 1.90. The summed E-state index contributed by atoms with van der Waals surface area (Å²) in [6.07, 6.45) is 1.88. The molecular weight excluding hydrogens is 163 g/mol. The van der Waals surface area contributed by atoms with Gasteiger partial charge in [-0.1, -0.05) is 24.8 Å². The second kappa shape index (κ2) is 3.41. The van der Waals surface area contributed by atoms with Gasteiger partial charge in [0.1, 0.15) is 0 Å². The molecular formula is C11H16P+. The Kier molecular flexibility index (Phi) is 2.69. The number of rotatable bonds is 2. The summed E-state index contributed by atoms with van der Waals surface area (Å²) >= 11 is 0. The molecule has 1 heteroatoms. The highest BCUT2D eigenvalue weighted by Gasteiger charge is 2.19. The van der Waals surface area contributed by atoms with E-state index in [1.54, 1.807) is 0 Å². The predicted molar refractivity (Wildman–Crippen MR) is 60.9 cm³/mol. The summed E-state index contributed by atoms with van der Waals surface area (Å²) in [5.41, 5.74) is 1.20. The highest BCUT2D eigenvalue weighted by molar-refractivity contribution is 7.80. The minimum absolute atomic E-state index is 0.833. The molecule has 0 radical (unpaired) electrons. The smallest absolute Gasteiger partial charge is 0.0931 e. The molecule has 0 nitrogen and oxygen atoms in total. The van der Waals surface area contributed by atoms with Crippen LogP contribution in [0.4, 0.5) is 0 Å². The van der Waals surface area contributed by atoms with Crippen LogP contribution >= 0.6 is 7.26 Å². The van der Waals surface area contributed by atoms with Gasteiger partial charge in [-0.15, -0.1) is 0 Å². The van der Waals surface area contributed by atoms with Gasteiger partial charge in [0.2, 0.25) is 0 Å². The van der Waals surface area contributed by atoms with Crippen molar-refractivity contribution in [3.05, 3.63) is 36.4 Å². The van der Waals surface area contributed by atoms with Crippen molar-refractivity contribution in [2.75, 3.05) is 20.0 Å². The monoisotopic (exact) mass is 179 g/mol. The van der Waals surface area contributed by atoms with E-state index < -0.39 is 7.26 Å². The molecule has 0 unspecified atom stereocenters. The lowest BCUT2D eigenvalue weighted by atomic mass is 10.2. The summed E-state index contributed by atoms with van der Waals surface area (Å²) in [6.45, 7) is 10.7. The van der Waals surface area contributed by atoms with E-state index in [9.17, 15) is 0 Å². The maximum absolute atomic E-state index is 3.73. The van der Waals surface area contributed by atoms with E-state index in [2.05, 4.69) is 50.8 Å². The zero-order chi connectivity index (χ0) is 9.19. The van der Waals surface area contributed by atoms with Crippen molar-refractivity contribution in [2.24, 2.45) is 0 Å². The van der Waals surface area contributed by atoms with Crippen LogP contribution in [0.1, 0.15) is 5.56 Å². The Labute approximate surface area is 75.7 Å². The SMILES string of the molecule is C=Cc1ccc([P+](C)(C)C)cc1. The van der Waals surface area contributed by atoms with Crippen LogP contribution in [-0.2, 0) is 0 Å². The molecule has 0 aliphatic carbocycles. The van der Waals surface area contributed by atoms with Crippen LogP contribution < -0.4 is 5.30 Å². The summed E-state index contributed by atoms with van der Waals surface area (Å²) in [5.74, 6) is 0. The molecule has 1 aromatic carbocycles. The molecule has 12 heavy (non-hydrogen) atoms. The third kappa shape index (κ3) is 2.19. The van der Waals surface area contributed by atoms with Gasteiger partial charge in [-0.2, -0.15) is 0 Å². The minimum Gasteiger partial charge on any atom is -0.0985 e. The summed E-state index contributed by atoms with van der Waals surface area (Å²) in [6, 6.07) is 8.69. The second-order valence-electron chi connectivity index (χ2n) is 3.81. The average Bonchev–Trinajstić information content (AvgIpc) is 2.03. The maximum Gasteiger partial charge on any atom is 0.0931 e. The quantitative estimate of drug-likeness (QED) is 0.612. The Bertz CT molecular complexity index is 264. The average molecular weight is 179 g/mol. The minimum atomic E-state index is -0.833. The predicted octanol–water partition coefficient (Wildman–Crippen LogP) is 2.86. The standard InChI is InChI=1S/C11H16P/c1-5-10-6-8-11(9-7-10)12(2,3)4/h5-9H,1H2,2-4H3/q+1. The number of hydrogen-bond donors (Lipinski definition) is 0. The first-order valence-electron chi connectivity index (χ1n) is 4.08. The van der Waals surface area contributed by atoms with Gasteiger partial charge >= 0.3 is 0 Å². The molecule has 1 rings (SSSR count). The van der Waals surface area contributed by atoms with Crippen LogP contribution in [0.5, 0.6) is 0 Å².